The molecule has 0 saturated heterocycles. The van der Waals surface area contributed by atoms with Crippen LogP contribution in [0.15, 0.2) is 17.1 Å². The Labute approximate surface area is 84.7 Å². The molecule has 0 aromatic heterocycles. The summed E-state index contributed by atoms with van der Waals surface area (Å²) >= 11 is 0. The van der Waals surface area contributed by atoms with E-state index in [1.54, 1.807) is 0 Å². The predicted molar refractivity (Wildman–Crippen MR) is 58.9 cm³/mol. The van der Waals surface area contributed by atoms with E-state index in [2.05, 4.69) is 24.0 Å². The third kappa shape index (κ3) is 2.08. The quantitative estimate of drug-likeness (QED) is 0.519. The van der Waals surface area contributed by atoms with E-state index in [0.29, 0.717) is 6.41 Å². The Morgan fingerprint density at radius 1 is 1.21 bits per heavy atom. The summed E-state index contributed by atoms with van der Waals surface area (Å²) in [5, 5.41) is 0. The van der Waals surface area contributed by atoms with Crippen molar-refractivity contribution in [3.05, 3.63) is 34.4 Å². The maximum atomic E-state index is 10.3. The predicted octanol–water partition coefficient (Wildman–Crippen LogP) is 2.58. The molecule has 2 heteroatoms. The second-order valence-electron chi connectivity index (χ2n) is 3.59. The summed E-state index contributed by atoms with van der Waals surface area (Å²) in [6, 6.07) is 4.21. The average Bonchev–Trinajstić information content (AvgIpc) is 2.01. The fourth-order valence-corrected chi connectivity index (χ4v) is 1.89. The van der Waals surface area contributed by atoms with Gasteiger partial charge in [0, 0.05) is 11.3 Å². The highest BCUT2D eigenvalue weighted by atomic mass is 16.1. The zero-order chi connectivity index (χ0) is 10.7. The molecule has 0 radical (unpaired) electrons. The highest BCUT2D eigenvalue weighted by molar-refractivity contribution is 6.04. The summed E-state index contributed by atoms with van der Waals surface area (Å²) in [5.41, 5.74) is 5.46. The van der Waals surface area contributed by atoms with Gasteiger partial charge in [-0.25, -0.2) is 4.99 Å². The molecular weight excluding hydrogens is 174 g/mol. The van der Waals surface area contributed by atoms with Gasteiger partial charge in [0.15, 0.2) is 0 Å². The number of hydrogen-bond donors (Lipinski definition) is 0. The van der Waals surface area contributed by atoms with Gasteiger partial charge in [0.2, 0.25) is 6.41 Å². The molecule has 1 aromatic rings. The van der Waals surface area contributed by atoms with Crippen LogP contribution < -0.4 is 0 Å². The van der Waals surface area contributed by atoms with Crippen molar-refractivity contribution in [2.24, 2.45) is 4.99 Å². The molecule has 74 valence electrons. The minimum absolute atomic E-state index is 0.591. The molecule has 1 rings (SSSR count). The molecule has 0 aliphatic heterocycles. The average molecular weight is 189 g/mol. The fourth-order valence-electron chi connectivity index (χ4n) is 1.89. The molecule has 0 aliphatic carbocycles. The Bertz CT molecular complexity index is 368. The summed E-state index contributed by atoms with van der Waals surface area (Å²) in [4.78, 5) is 14.1. The van der Waals surface area contributed by atoms with E-state index in [4.69, 9.17) is 0 Å². The van der Waals surface area contributed by atoms with Crippen molar-refractivity contribution in [3.63, 3.8) is 0 Å². The van der Waals surface area contributed by atoms with Crippen LogP contribution in [0.1, 0.15) is 29.2 Å². The van der Waals surface area contributed by atoms with Crippen molar-refractivity contribution in [2.75, 3.05) is 0 Å². The summed E-state index contributed by atoms with van der Waals surface area (Å²) in [5.74, 6) is 0. The number of aryl methyl sites for hydroxylation is 3. The van der Waals surface area contributed by atoms with Crippen LogP contribution in [-0.4, -0.2) is 12.1 Å². The van der Waals surface area contributed by atoms with Crippen molar-refractivity contribution in [1.82, 2.24) is 0 Å². The largest absolute Gasteiger partial charge is 0.276 e. The smallest absolute Gasteiger partial charge is 0.233 e. The molecule has 0 spiro atoms. The Hall–Kier alpha value is -1.44. The van der Waals surface area contributed by atoms with Gasteiger partial charge in [-0.3, -0.25) is 4.79 Å². The van der Waals surface area contributed by atoms with Gasteiger partial charge in [-0.2, -0.15) is 0 Å². The monoisotopic (exact) mass is 189 g/mol. The van der Waals surface area contributed by atoms with E-state index in [-0.39, 0.29) is 0 Å². The maximum absolute atomic E-state index is 10.3. The first-order chi connectivity index (χ1) is 6.56. The lowest BCUT2D eigenvalue weighted by Crippen LogP contribution is -2.02. The van der Waals surface area contributed by atoms with Gasteiger partial charge >= 0.3 is 0 Å². The van der Waals surface area contributed by atoms with Crippen LogP contribution in [0.3, 0.4) is 0 Å². The summed E-state index contributed by atoms with van der Waals surface area (Å²) in [6.07, 6.45) is 0.591. The number of carbonyl (C=O) groups is 1. The summed E-state index contributed by atoms with van der Waals surface area (Å²) < 4.78 is 0. The van der Waals surface area contributed by atoms with Crippen LogP contribution in [0, 0.1) is 20.8 Å². The number of benzene rings is 1. The molecule has 0 N–H and O–H groups in total. The number of carbonyl (C=O) groups excluding carboxylic acids is 1. The van der Waals surface area contributed by atoms with Crippen LogP contribution in [0.4, 0.5) is 0 Å². The topological polar surface area (TPSA) is 29.4 Å². The van der Waals surface area contributed by atoms with Crippen LogP contribution >= 0.6 is 0 Å². The van der Waals surface area contributed by atoms with E-state index >= 15 is 0 Å². The molecule has 0 aliphatic rings. The standard InChI is InChI=1S/C12H15NO/c1-8-5-9(2)12(10(3)6-8)11(4)13-7-14/h5-7H,1-4H3. The minimum atomic E-state index is 0.591. The Morgan fingerprint density at radius 2 is 1.71 bits per heavy atom. The number of nitrogens with zero attached hydrogens (tertiary/aromatic N) is 1. The molecule has 0 saturated carbocycles. The molecule has 14 heavy (non-hydrogen) atoms. The van der Waals surface area contributed by atoms with Crippen LogP contribution in [0.25, 0.3) is 0 Å². The molecule has 1 aromatic carbocycles. The third-order valence-electron chi connectivity index (χ3n) is 2.29. The number of amides is 1. The summed E-state index contributed by atoms with van der Waals surface area (Å²) in [6.45, 7) is 8.01. The van der Waals surface area contributed by atoms with Gasteiger partial charge in [0.1, 0.15) is 0 Å². The van der Waals surface area contributed by atoms with E-state index in [0.717, 1.165) is 11.3 Å². The van der Waals surface area contributed by atoms with Gasteiger partial charge in [0.05, 0.1) is 0 Å². The lowest BCUT2D eigenvalue weighted by atomic mass is 9.97. The molecule has 0 heterocycles. The van der Waals surface area contributed by atoms with Crippen molar-refractivity contribution in [1.29, 1.82) is 0 Å². The van der Waals surface area contributed by atoms with Gasteiger partial charge in [-0.05, 0) is 38.8 Å². The zero-order valence-corrected chi connectivity index (χ0v) is 9.09. The van der Waals surface area contributed by atoms with Gasteiger partial charge < -0.3 is 0 Å². The lowest BCUT2D eigenvalue weighted by Gasteiger charge is -2.09. The summed E-state index contributed by atoms with van der Waals surface area (Å²) in [7, 11) is 0. The van der Waals surface area contributed by atoms with Crippen LogP contribution in [0.2, 0.25) is 0 Å². The first kappa shape index (κ1) is 10.6. The molecular formula is C12H15NO. The number of hydrogen-bond acceptors (Lipinski definition) is 1. The highest BCUT2D eigenvalue weighted by Gasteiger charge is 2.06. The Morgan fingerprint density at radius 3 is 2.14 bits per heavy atom. The second-order valence-corrected chi connectivity index (χ2v) is 3.59. The normalized spacial score (nSPS) is 11.6. The number of aliphatic imine (C=N–C) groups is 1. The van der Waals surface area contributed by atoms with E-state index < -0.39 is 0 Å². The zero-order valence-electron chi connectivity index (χ0n) is 9.09. The van der Waals surface area contributed by atoms with Crippen LogP contribution in [-0.2, 0) is 4.79 Å². The first-order valence-electron chi connectivity index (χ1n) is 4.62. The van der Waals surface area contributed by atoms with Crippen molar-refractivity contribution >= 4 is 12.1 Å². The molecule has 0 unspecified atom stereocenters. The molecule has 0 bridgehead atoms. The first-order valence-corrected chi connectivity index (χ1v) is 4.62. The van der Waals surface area contributed by atoms with Gasteiger partial charge in [-0.15, -0.1) is 0 Å². The molecule has 0 atom stereocenters. The molecule has 2 nitrogen and oxygen atoms in total. The van der Waals surface area contributed by atoms with E-state index in [9.17, 15) is 4.79 Å². The molecule has 1 amide bonds. The maximum Gasteiger partial charge on any atom is 0.233 e. The third-order valence-corrected chi connectivity index (χ3v) is 2.29. The van der Waals surface area contributed by atoms with E-state index in [1.165, 1.54) is 16.7 Å². The minimum Gasteiger partial charge on any atom is -0.276 e. The lowest BCUT2D eigenvalue weighted by molar-refractivity contribution is -0.106. The Kier molecular flexibility index (Phi) is 3.18. The Balaban J connectivity index is 3.34. The van der Waals surface area contributed by atoms with Crippen molar-refractivity contribution in [2.45, 2.75) is 27.7 Å². The van der Waals surface area contributed by atoms with E-state index in [1.807, 2.05) is 20.8 Å². The van der Waals surface area contributed by atoms with Gasteiger partial charge in [0.25, 0.3) is 0 Å². The molecule has 0 fully saturated rings. The second kappa shape index (κ2) is 4.18. The van der Waals surface area contributed by atoms with Gasteiger partial charge in [-0.1, -0.05) is 17.7 Å². The SMILES string of the molecule is CC(=NC=O)c1c(C)cc(C)cc1C. The number of rotatable bonds is 2. The van der Waals surface area contributed by atoms with Crippen LogP contribution in [0.5, 0.6) is 0 Å². The van der Waals surface area contributed by atoms with Crippen molar-refractivity contribution in [3.8, 4) is 0 Å². The highest BCUT2D eigenvalue weighted by Crippen LogP contribution is 2.17. The van der Waals surface area contributed by atoms with Crippen molar-refractivity contribution < 1.29 is 4.79 Å². The fraction of sp³-hybridized carbons (Fsp3) is 0.333.